The van der Waals surface area contributed by atoms with Crippen LogP contribution in [0.2, 0.25) is 0 Å². The van der Waals surface area contributed by atoms with E-state index in [2.05, 4.69) is 10.2 Å². The zero-order valence-corrected chi connectivity index (χ0v) is 14.2. The van der Waals surface area contributed by atoms with Crippen LogP contribution in [0.25, 0.3) is 6.08 Å². The highest BCUT2D eigenvalue weighted by molar-refractivity contribution is 7.11. The Morgan fingerprint density at radius 1 is 1.35 bits per heavy atom. The molecule has 2 rings (SSSR count). The Morgan fingerprint density at radius 2 is 2.09 bits per heavy atom. The predicted molar refractivity (Wildman–Crippen MR) is 93.2 cm³/mol. The van der Waals surface area contributed by atoms with Crippen LogP contribution in [0.1, 0.15) is 36.1 Å². The molecule has 128 valence electrons. The van der Waals surface area contributed by atoms with Crippen molar-refractivity contribution in [2.24, 2.45) is 0 Å². The molecular weight excluding hydrogens is 312 g/mol. The number of hydrogen-bond acceptors (Lipinski definition) is 5. The molecule has 5 nitrogen and oxygen atoms in total. The molecule has 3 N–H and O–H groups in total. The van der Waals surface area contributed by atoms with Gasteiger partial charge in [-0.1, -0.05) is 12.8 Å². The molecule has 0 radical (unpaired) electrons. The van der Waals surface area contributed by atoms with Gasteiger partial charge < -0.3 is 20.4 Å². The van der Waals surface area contributed by atoms with Gasteiger partial charge in [0.15, 0.2) is 0 Å². The van der Waals surface area contributed by atoms with Crippen LogP contribution in [0, 0.1) is 0 Å². The Hall–Kier alpha value is -1.21. The minimum Gasteiger partial charge on any atom is -0.392 e. The monoisotopic (exact) mass is 338 g/mol. The van der Waals surface area contributed by atoms with Crippen LogP contribution in [0.3, 0.4) is 0 Å². The second kappa shape index (κ2) is 9.82. The van der Waals surface area contributed by atoms with Gasteiger partial charge in [0, 0.05) is 24.0 Å². The smallest absolute Gasteiger partial charge is 0.244 e. The molecule has 1 saturated heterocycles. The first-order valence-corrected chi connectivity index (χ1v) is 9.10. The third kappa shape index (κ3) is 6.83. The summed E-state index contributed by atoms with van der Waals surface area (Å²) in [5, 5.41) is 23.6. The Kier molecular flexibility index (Phi) is 7.74. The maximum atomic E-state index is 11.8. The van der Waals surface area contributed by atoms with Crippen molar-refractivity contribution in [2.45, 2.75) is 38.4 Å². The van der Waals surface area contributed by atoms with Crippen molar-refractivity contribution in [1.29, 1.82) is 0 Å². The summed E-state index contributed by atoms with van der Waals surface area (Å²) in [5.41, 5.74) is 0.850. The summed E-state index contributed by atoms with van der Waals surface area (Å²) in [5.74, 6) is -0.209. The van der Waals surface area contributed by atoms with Gasteiger partial charge in [-0.3, -0.25) is 4.79 Å². The van der Waals surface area contributed by atoms with Crippen molar-refractivity contribution in [1.82, 2.24) is 10.2 Å². The molecule has 1 atom stereocenters. The van der Waals surface area contributed by atoms with E-state index in [0.717, 1.165) is 23.5 Å². The van der Waals surface area contributed by atoms with Gasteiger partial charge >= 0.3 is 0 Å². The van der Waals surface area contributed by atoms with Crippen LogP contribution < -0.4 is 5.32 Å². The normalized spacial score (nSPS) is 18.0. The number of carbonyl (C=O) groups excluding carboxylic acids is 1. The molecule has 1 aliphatic rings. The van der Waals surface area contributed by atoms with Crippen molar-refractivity contribution in [3.63, 3.8) is 0 Å². The van der Waals surface area contributed by atoms with E-state index in [1.807, 2.05) is 11.4 Å². The maximum absolute atomic E-state index is 11.8. The van der Waals surface area contributed by atoms with Gasteiger partial charge in [-0.2, -0.15) is 0 Å². The highest BCUT2D eigenvalue weighted by Gasteiger charge is 2.14. The highest BCUT2D eigenvalue weighted by Crippen LogP contribution is 2.16. The molecule has 0 saturated carbocycles. The lowest BCUT2D eigenvalue weighted by atomic mass is 10.2. The first-order valence-electron chi connectivity index (χ1n) is 8.22. The van der Waals surface area contributed by atoms with Crippen LogP contribution in [-0.4, -0.2) is 53.3 Å². The van der Waals surface area contributed by atoms with Crippen LogP contribution in [0.4, 0.5) is 0 Å². The van der Waals surface area contributed by atoms with Gasteiger partial charge in [0.1, 0.15) is 0 Å². The standard InChI is InChI=1S/C17H26N2O3S/c20-12-14-9-16(23-13-14)5-6-17(22)18-10-15(21)11-19-7-3-1-2-4-8-19/h5-6,9,13,15,20-21H,1-4,7-8,10-12H2,(H,18,22). The maximum Gasteiger partial charge on any atom is 0.244 e. The summed E-state index contributed by atoms with van der Waals surface area (Å²) in [4.78, 5) is 15.0. The Bertz CT molecular complexity index is 508. The van der Waals surface area contributed by atoms with Crippen molar-refractivity contribution in [2.75, 3.05) is 26.2 Å². The van der Waals surface area contributed by atoms with Crippen LogP contribution in [0.5, 0.6) is 0 Å². The van der Waals surface area contributed by atoms with E-state index in [9.17, 15) is 9.90 Å². The van der Waals surface area contributed by atoms with E-state index in [4.69, 9.17) is 5.11 Å². The number of rotatable bonds is 7. The highest BCUT2D eigenvalue weighted by atomic mass is 32.1. The molecule has 0 spiro atoms. The molecule has 0 aromatic carbocycles. The second-order valence-corrected chi connectivity index (χ2v) is 6.91. The third-order valence-electron chi connectivity index (χ3n) is 3.94. The average Bonchev–Trinajstić information content (AvgIpc) is 2.87. The number of amides is 1. The SMILES string of the molecule is O=C(C=Cc1cc(CO)cs1)NCC(O)CN1CCCCCC1. The number of nitrogens with zero attached hydrogens (tertiary/aromatic N) is 1. The zero-order valence-electron chi connectivity index (χ0n) is 13.4. The predicted octanol–water partition coefficient (Wildman–Crippen LogP) is 1.61. The van der Waals surface area contributed by atoms with Gasteiger partial charge in [-0.05, 0) is 49.0 Å². The van der Waals surface area contributed by atoms with Gasteiger partial charge in [0.2, 0.25) is 5.91 Å². The minimum absolute atomic E-state index is 0.0131. The molecule has 2 heterocycles. The van der Waals surface area contributed by atoms with Crippen LogP contribution in [0.15, 0.2) is 17.5 Å². The van der Waals surface area contributed by atoms with Crippen molar-refractivity contribution < 1.29 is 15.0 Å². The zero-order chi connectivity index (χ0) is 16.5. The number of aliphatic hydroxyl groups excluding tert-OH is 2. The number of thiophene rings is 1. The van der Waals surface area contributed by atoms with E-state index in [0.29, 0.717) is 6.54 Å². The number of hydrogen-bond donors (Lipinski definition) is 3. The topological polar surface area (TPSA) is 72.8 Å². The summed E-state index contributed by atoms with van der Waals surface area (Å²) < 4.78 is 0. The summed E-state index contributed by atoms with van der Waals surface area (Å²) in [6, 6.07) is 1.85. The lowest BCUT2D eigenvalue weighted by Crippen LogP contribution is -2.40. The van der Waals surface area contributed by atoms with Crippen LogP contribution in [-0.2, 0) is 11.4 Å². The number of likely N-dealkylation sites (tertiary alicyclic amines) is 1. The fraction of sp³-hybridized carbons (Fsp3) is 0.588. The van der Waals surface area contributed by atoms with E-state index in [1.165, 1.54) is 43.1 Å². The molecule has 1 aliphatic heterocycles. The largest absolute Gasteiger partial charge is 0.392 e. The Morgan fingerprint density at radius 3 is 2.74 bits per heavy atom. The van der Waals surface area contributed by atoms with Gasteiger partial charge in [0.25, 0.3) is 0 Å². The molecule has 1 fully saturated rings. The van der Waals surface area contributed by atoms with Crippen LogP contribution >= 0.6 is 11.3 Å². The first kappa shape index (κ1) is 18.1. The molecular formula is C17H26N2O3S. The first-order chi connectivity index (χ1) is 11.2. The molecule has 1 amide bonds. The molecule has 1 unspecified atom stereocenters. The minimum atomic E-state index is -0.534. The number of β-amino-alcohol motifs (C(OH)–C–C–N with tert-alkyl or cyclic N) is 1. The number of nitrogens with one attached hydrogen (secondary N) is 1. The molecule has 0 aliphatic carbocycles. The van der Waals surface area contributed by atoms with E-state index in [-0.39, 0.29) is 19.1 Å². The summed E-state index contributed by atoms with van der Waals surface area (Å²) in [6.07, 6.45) is 7.58. The van der Waals surface area contributed by atoms with Crippen molar-refractivity contribution in [3.8, 4) is 0 Å². The van der Waals surface area contributed by atoms with E-state index in [1.54, 1.807) is 6.08 Å². The van der Waals surface area contributed by atoms with Gasteiger partial charge in [-0.15, -0.1) is 11.3 Å². The second-order valence-electron chi connectivity index (χ2n) is 5.96. The Labute approximate surface area is 141 Å². The van der Waals surface area contributed by atoms with E-state index >= 15 is 0 Å². The van der Waals surface area contributed by atoms with Gasteiger partial charge in [-0.25, -0.2) is 0 Å². The molecule has 1 aromatic heterocycles. The summed E-state index contributed by atoms with van der Waals surface area (Å²) in [7, 11) is 0. The molecule has 0 bridgehead atoms. The lowest BCUT2D eigenvalue weighted by molar-refractivity contribution is -0.116. The summed E-state index contributed by atoms with van der Waals surface area (Å²) in [6.45, 7) is 2.98. The Balaban J connectivity index is 1.68. The summed E-state index contributed by atoms with van der Waals surface area (Å²) >= 11 is 1.48. The number of aliphatic hydroxyl groups is 2. The fourth-order valence-corrected chi connectivity index (χ4v) is 3.48. The average molecular weight is 338 g/mol. The molecule has 23 heavy (non-hydrogen) atoms. The van der Waals surface area contributed by atoms with Crippen molar-refractivity contribution >= 4 is 23.3 Å². The van der Waals surface area contributed by atoms with Crippen molar-refractivity contribution in [3.05, 3.63) is 28.0 Å². The third-order valence-corrected chi connectivity index (χ3v) is 4.88. The lowest BCUT2D eigenvalue weighted by Gasteiger charge is -2.23. The van der Waals surface area contributed by atoms with Gasteiger partial charge in [0.05, 0.1) is 12.7 Å². The number of carbonyl (C=O) groups is 1. The van der Waals surface area contributed by atoms with E-state index < -0.39 is 6.10 Å². The molecule has 1 aromatic rings. The quantitative estimate of drug-likeness (QED) is 0.661. The molecule has 6 heteroatoms. The fourth-order valence-electron chi connectivity index (χ4n) is 2.68.